The Kier molecular flexibility index (Phi) is 2.80. The van der Waals surface area contributed by atoms with Crippen LogP contribution in [0.5, 0.6) is 0 Å². The molecule has 0 spiro atoms. The average molecular weight is 207 g/mol. The molecule has 0 unspecified atom stereocenters. The highest BCUT2D eigenvalue weighted by molar-refractivity contribution is 5.88. The Morgan fingerprint density at radius 1 is 1.47 bits per heavy atom. The second-order valence-corrected chi connectivity index (χ2v) is 3.33. The fraction of sp³-hybridized carbons (Fsp3) is 0.500. The molecule has 1 fully saturated rings. The minimum Gasteiger partial charge on any atom is -0.462 e. The van der Waals surface area contributed by atoms with Crippen molar-refractivity contribution in [3.8, 4) is 0 Å². The zero-order valence-corrected chi connectivity index (χ0v) is 8.64. The first kappa shape index (κ1) is 9.89. The van der Waals surface area contributed by atoms with Gasteiger partial charge >= 0.3 is 5.97 Å². The number of carbonyl (C=O) groups excluding carboxylic acids is 1. The summed E-state index contributed by atoms with van der Waals surface area (Å²) in [7, 11) is 0. The van der Waals surface area contributed by atoms with Crippen molar-refractivity contribution >= 4 is 11.9 Å². The number of anilines is 1. The van der Waals surface area contributed by atoms with Gasteiger partial charge in [0.1, 0.15) is 0 Å². The molecule has 1 aliphatic heterocycles. The largest absolute Gasteiger partial charge is 0.462 e. The summed E-state index contributed by atoms with van der Waals surface area (Å²) in [6, 6.07) is 0. The quantitative estimate of drug-likeness (QED) is 0.688. The first-order valence-corrected chi connectivity index (χ1v) is 5.05. The van der Waals surface area contributed by atoms with Crippen molar-refractivity contribution in [2.75, 3.05) is 24.6 Å². The number of ether oxygens (including phenoxy) is 1. The second kappa shape index (κ2) is 4.25. The highest BCUT2D eigenvalue weighted by Gasteiger charge is 2.17. The molecular weight excluding hydrogens is 194 g/mol. The van der Waals surface area contributed by atoms with Gasteiger partial charge in [-0.1, -0.05) is 0 Å². The fourth-order valence-corrected chi connectivity index (χ4v) is 1.32. The molecule has 0 atom stereocenters. The molecule has 0 radical (unpaired) electrons. The zero-order valence-electron chi connectivity index (χ0n) is 8.64. The van der Waals surface area contributed by atoms with Gasteiger partial charge in [0.05, 0.1) is 12.2 Å². The smallest absolute Gasteiger partial charge is 0.341 e. The molecule has 5 heteroatoms. The number of rotatable bonds is 3. The number of carbonyl (C=O) groups is 1. The van der Waals surface area contributed by atoms with E-state index in [2.05, 4.69) is 14.9 Å². The lowest BCUT2D eigenvalue weighted by Crippen LogP contribution is -2.38. The average Bonchev–Trinajstić information content (AvgIpc) is 2.16. The fourth-order valence-electron chi connectivity index (χ4n) is 1.32. The number of hydrogen-bond acceptors (Lipinski definition) is 5. The third-order valence-corrected chi connectivity index (χ3v) is 2.29. The van der Waals surface area contributed by atoms with E-state index in [1.54, 1.807) is 6.92 Å². The van der Waals surface area contributed by atoms with Gasteiger partial charge in [-0.3, -0.25) is 0 Å². The monoisotopic (exact) mass is 207 g/mol. The van der Waals surface area contributed by atoms with E-state index in [0.717, 1.165) is 13.1 Å². The highest BCUT2D eigenvalue weighted by Crippen LogP contribution is 2.14. The Balaban J connectivity index is 2.06. The van der Waals surface area contributed by atoms with Crippen LogP contribution in [0.4, 0.5) is 5.95 Å². The third-order valence-electron chi connectivity index (χ3n) is 2.29. The van der Waals surface area contributed by atoms with Crippen molar-refractivity contribution < 1.29 is 9.53 Å². The first-order valence-electron chi connectivity index (χ1n) is 5.05. The SMILES string of the molecule is CCOC(=O)c1cnc(N2CCC2)nc1. The molecule has 0 bridgehead atoms. The van der Waals surface area contributed by atoms with E-state index in [1.165, 1.54) is 18.8 Å². The van der Waals surface area contributed by atoms with Crippen LogP contribution in [0, 0.1) is 0 Å². The molecule has 1 aromatic rings. The molecule has 80 valence electrons. The van der Waals surface area contributed by atoms with Crippen LogP contribution in [0.3, 0.4) is 0 Å². The summed E-state index contributed by atoms with van der Waals surface area (Å²) in [5.41, 5.74) is 0.404. The van der Waals surface area contributed by atoms with Gasteiger partial charge in [0.2, 0.25) is 5.95 Å². The molecule has 0 saturated carbocycles. The van der Waals surface area contributed by atoms with Gasteiger partial charge < -0.3 is 9.64 Å². The molecule has 0 aromatic carbocycles. The molecular formula is C10H13N3O2. The van der Waals surface area contributed by atoms with Gasteiger partial charge in [0, 0.05) is 25.5 Å². The van der Waals surface area contributed by atoms with Crippen LogP contribution in [0.25, 0.3) is 0 Å². The van der Waals surface area contributed by atoms with Crippen molar-refractivity contribution in [1.29, 1.82) is 0 Å². The summed E-state index contributed by atoms with van der Waals surface area (Å²) in [6.07, 6.45) is 4.21. The summed E-state index contributed by atoms with van der Waals surface area (Å²) in [4.78, 5) is 21.6. The molecule has 0 N–H and O–H groups in total. The Labute approximate surface area is 88.1 Å². The molecule has 15 heavy (non-hydrogen) atoms. The van der Waals surface area contributed by atoms with E-state index in [4.69, 9.17) is 4.74 Å². The molecule has 1 aromatic heterocycles. The number of nitrogens with zero attached hydrogens (tertiary/aromatic N) is 3. The maximum Gasteiger partial charge on any atom is 0.341 e. The predicted octanol–water partition coefficient (Wildman–Crippen LogP) is 0.863. The van der Waals surface area contributed by atoms with E-state index in [9.17, 15) is 4.79 Å². The van der Waals surface area contributed by atoms with Gasteiger partial charge in [-0.05, 0) is 13.3 Å². The van der Waals surface area contributed by atoms with Gasteiger partial charge in [0.25, 0.3) is 0 Å². The van der Waals surface area contributed by atoms with E-state index in [0.29, 0.717) is 18.1 Å². The topological polar surface area (TPSA) is 55.3 Å². The van der Waals surface area contributed by atoms with E-state index in [1.807, 2.05) is 0 Å². The van der Waals surface area contributed by atoms with Crippen LogP contribution in [0.15, 0.2) is 12.4 Å². The standard InChI is InChI=1S/C10H13N3O2/c1-2-15-9(14)8-6-11-10(12-7-8)13-4-3-5-13/h6-7H,2-5H2,1H3. The van der Waals surface area contributed by atoms with Crippen LogP contribution in [-0.4, -0.2) is 35.6 Å². The van der Waals surface area contributed by atoms with Gasteiger partial charge in [0.15, 0.2) is 0 Å². The van der Waals surface area contributed by atoms with E-state index < -0.39 is 0 Å². The van der Waals surface area contributed by atoms with Crippen LogP contribution < -0.4 is 4.90 Å². The summed E-state index contributed by atoms with van der Waals surface area (Å²) >= 11 is 0. The van der Waals surface area contributed by atoms with Crippen molar-refractivity contribution in [3.63, 3.8) is 0 Å². The van der Waals surface area contributed by atoms with Gasteiger partial charge in [-0.25, -0.2) is 14.8 Å². The minimum absolute atomic E-state index is 0.368. The lowest BCUT2D eigenvalue weighted by molar-refractivity contribution is 0.0525. The Morgan fingerprint density at radius 3 is 2.60 bits per heavy atom. The molecule has 1 aliphatic rings. The number of aromatic nitrogens is 2. The molecule has 0 aliphatic carbocycles. The molecule has 1 saturated heterocycles. The Bertz CT molecular complexity index is 346. The maximum absolute atomic E-state index is 11.3. The first-order chi connectivity index (χ1) is 7.31. The summed E-state index contributed by atoms with van der Waals surface area (Å²) in [6.45, 7) is 4.14. The van der Waals surface area contributed by atoms with Crippen molar-refractivity contribution in [2.24, 2.45) is 0 Å². The summed E-state index contributed by atoms with van der Waals surface area (Å²) in [5, 5.41) is 0. The Hall–Kier alpha value is -1.65. The molecule has 0 amide bonds. The van der Waals surface area contributed by atoms with E-state index >= 15 is 0 Å². The minimum atomic E-state index is -0.368. The van der Waals surface area contributed by atoms with Crippen LogP contribution in [0.1, 0.15) is 23.7 Å². The second-order valence-electron chi connectivity index (χ2n) is 3.33. The summed E-state index contributed by atoms with van der Waals surface area (Å²) in [5.74, 6) is 0.321. The van der Waals surface area contributed by atoms with Crippen molar-refractivity contribution in [2.45, 2.75) is 13.3 Å². The zero-order chi connectivity index (χ0) is 10.7. The normalized spacial score (nSPS) is 14.6. The number of hydrogen-bond donors (Lipinski definition) is 0. The van der Waals surface area contributed by atoms with Gasteiger partial charge in [-0.2, -0.15) is 0 Å². The lowest BCUT2D eigenvalue weighted by atomic mass is 10.2. The maximum atomic E-state index is 11.3. The lowest BCUT2D eigenvalue weighted by Gasteiger charge is -2.30. The summed E-state index contributed by atoms with van der Waals surface area (Å²) < 4.78 is 4.84. The van der Waals surface area contributed by atoms with Crippen molar-refractivity contribution in [1.82, 2.24) is 9.97 Å². The number of esters is 1. The third kappa shape index (κ3) is 2.06. The predicted molar refractivity (Wildman–Crippen MR) is 54.8 cm³/mol. The van der Waals surface area contributed by atoms with Crippen molar-refractivity contribution in [3.05, 3.63) is 18.0 Å². The van der Waals surface area contributed by atoms with Crippen LogP contribution in [0.2, 0.25) is 0 Å². The Morgan fingerprint density at radius 2 is 2.13 bits per heavy atom. The molecule has 2 heterocycles. The van der Waals surface area contributed by atoms with Crippen LogP contribution in [-0.2, 0) is 4.74 Å². The molecule has 2 rings (SSSR count). The van der Waals surface area contributed by atoms with Gasteiger partial charge in [-0.15, -0.1) is 0 Å². The molecule has 5 nitrogen and oxygen atoms in total. The van der Waals surface area contributed by atoms with E-state index in [-0.39, 0.29) is 5.97 Å². The van der Waals surface area contributed by atoms with Crippen LogP contribution >= 0.6 is 0 Å². The highest BCUT2D eigenvalue weighted by atomic mass is 16.5.